The molecule has 0 unspecified atom stereocenters. The summed E-state index contributed by atoms with van der Waals surface area (Å²) in [5.74, 6) is 1.73. The van der Waals surface area contributed by atoms with E-state index >= 15 is 0 Å². The molecule has 3 heterocycles. The van der Waals surface area contributed by atoms with E-state index in [0.717, 1.165) is 41.1 Å². The maximum absolute atomic E-state index is 12.5. The number of nitrogens with zero attached hydrogens (tertiary/aromatic N) is 3. The minimum Gasteiger partial charge on any atom is -0.454 e. The highest BCUT2D eigenvalue weighted by Gasteiger charge is 2.24. The van der Waals surface area contributed by atoms with Crippen molar-refractivity contribution in [2.75, 3.05) is 13.1 Å². The van der Waals surface area contributed by atoms with E-state index in [1.165, 1.54) is 6.42 Å². The zero-order valence-corrected chi connectivity index (χ0v) is 15.4. The van der Waals surface area contributed by atoms with E-state index in [9.17, 15) is 4.79 Å². The zero-order valence-electron chi connectivity index (χ0n) is 13.8. The fourth-order valence-corrected chi connectivity index (χ4v) is 3.37. The molecular weight excluding hydrogens is 358 g/mol. The Hall–Kier alpha value is -1.56. The van der Waals surface area contributed by atoms with Gasteiger partial charge in [-0.25, -0.2) is 0 Å². The van der Waals surface area contributed by atoms with E-state index in [4.69, 9.17) is 4.42 Å². The number of aromatic nitrogens is 2. The summed E-state index contributed by atoms with van der Waals surface area (Å²) in [6.45, 7) is 8.33. The van der Waals surface area contributed by atoms with Crippen molar-refractivity contribution in [3.8, 4) is 0 Å². The number of amides is 1. The molecule has 2 aromatic rings. The number of furan rings is 1. The van der Waals surface area contributed by atoms with Crippen molar-refractivity contribution < 1.29 is 9.21 Å². The maximum Gasteiger partial charge on any atom is 0.289 e. The van der Waals surface area contributed by atoms with Crippen molar-refractivity contribution in [1.29, 1.82) is 0 Å². The van der Waals surface area contributed by atoms with Gasteiger partial charge in [-0.05, 0) is 60.7 Å². The molecule has 1 aliphatic rings. The van der Waals surface area contributed by atoms with Gasteiger partial charge in [-0.3, -0.25) is 9.48 Å². The van der Waals surface area contributed by atoms with Gasteiger partial charge in [0.1, 0.15) is 5.76 Å². The van der Waals surface area contributed by atoms with E-state index in [2.05, 4.69) is 28.0 Å². The molecule has 0 N–H and O–H groups in total. The summed E-state index contributed by atoms with van der Waals surface area (Å²) in [6, 6.07) is 3.64. The van der Waals surface area contributed by atoms with Crippen LogP contribution in [0.25, 0.3) is 0 Å². The molecule has 1 aliphatic heterocycles. The summed E-state index contributed by atoms with van der Waals surface area (Å²) in [6.07, 6.45) is 2.26. The van der Waals surface area contributed by atoms with Crippen LogP contribution in [0.1, 0.15) is 47.5 Å². The lowest BCUT2D eigenvalue weighted by Crippen LogP contribution is -2.38. The monoisotopic (exact) mass is 379 g/mol. The van der Waals surface area contributed by atoms with Crippen LogP contribution in [0.15, 0.2) is 21.0 Å². The standard InChI is InChI=1S/C17H22BrN3O2/c1-11-5-4-8-20(9-11)17(22)15-7-6-14(23-15)10-21-13(3)16(18)12(2)19-21/h6-7,11H,4-5,8-10H2,1-3H3/t11-/m0/s1. The molecule has 5 nitrogen and oxygen atoms in total. The van der Waals surface area contributed by atoms with E-state index in [1.807, 2.05) is 29.5 Å². The Morgan fingerprint density at radius 2 is 2.22 bits per heavy atom. The molecule has 1 amide bonds. The second-order valence-electron chi connectivity index (χ2n) is 6.41. The quantitative estimate of drug-likeness (QED) is 0.815. The molecule has 3 rings (SSSR count). The van der Waals surface area contributed by atoms with Gasteiger partial charge in [0.2, 0.25) is 0 Å². The summed E-state index contributed by atoms with van der Waals surface area (Å²) in [5, 5.41) is 4.47. The molecule has 1 fully saturated rings. The Morgan fingerprint density at radius 3 is 2.87 bits per heavy atom. The Labute approximate surface area is 144 Å². The normalized spacial score (nSPS) is 18.4. The highest BCUT2D eigenvalue weighted by Crippen LogP contribution is 2.22. The fraction of sp³-hybridized carbons (Fsp3) is 0.529. The van der Waals surface area contributed by atoms with E-state index < -0.39 is 0 Å². The minimum absolute atomic E-state index is 0.00246. The van der Waals surface area contributed by atoms with Crippen LogP contribution in [0.5, 0.6) is 0 Å². The van der Waals surface area contributed by atoms with Gasteiger partial charge in [0.05, 0.1) is 22.4 Å². The molecule has 2 aromatic heterocycles. The number of likely N-dealkylation sites (tertiary alicyclic amines) is 1. The Kier molecular flexibility index (Phi) is 4.62. The molecule has 0 spiro atoms. The number of piperidine rings is 1. The lowest BCUT2D eigenvalue weighted by Gasteiger charge is -2.30. The Morgan fingerprint density at radius 1 is 1.43 bits per heavy atom. The Balaban J connectivity index is 1.72. The number of hydrogen-bond donors (Lipinski definition) is 0. The van der Waals surface area contributed by atoms with Crippen LogP contribution in [-0.2, 0) is 6.54 Å². The molecule has 0 saturated carbocycles. The summed E-state index contributed by atoms with van der Waals surface area (Å²) >= 11 is 3.52. The van der Waals surface area contributed by atoms with Crippen LogP contribution < -0.4 is 0 Å². The highest BCUT2D eigenvalue weighted by atomic mass is 79.9. The number of carbonyl (C=O) groups is 1. The summed E-state index contributed by atoms with van der Waals surface area (Å²) in [4.78, 5) is 14.4. The maximum atomic E-state index is 12.5. The molecule has 23 heavy (non-hydrogen) atoms. The fourth-order valence-electron chi connectivity index (χ4n) is 3.08. The average molecular weight is 380 g/mol. The van der Waals surface area contributed by atoms with Crippen molar-refractivity contribution in [2.24, 2.45) is 5.92 Å². The number of hydrogen-bond acceptors (Lipinski definition) is 3. The molecule has 0 aromatic carbocycles. The van der Waals surface area contributed by atoms with E-state index in [0.29, 0.717) is 18.2 Å². The van der Waals surface area contributed by atoms with Crippen LogP contribution in [0, 0.1) is 19.8 Å². The molecule has 0 radical (unpaired) electrons. The Bertz CT molecular complexity index is 719. The second-order valence-corrected chi connectivity index (χ2v) is 7.20. The van der Waals surface area contributed by atoms with Crippen molar-refractivity contribution in [2.45, 2.75) is 40.2 Å². The number of carbonyl (C=O) groups excluding carboxylic acids is 1. The molecule has 6 heteroatoms. The van der Waals surface area contributed by atoms with Crippen LogP contribution in [0.3, 0.4) is 0 Å². The van der Waals surface area contributed by atoms with Crippen molar-refractivity contribution in [3.05, 3.63) is 39.5 Å². The van der Waals surface area contributed by atoms with Crippen molar-refractivity contribution in [3.63, 3.8) is 0 Å². The van der Waals surface area contributed by atoms with Gasteiger partial charge in [0.15, 0.2) is 5.76 Å². The molecule has 1 saturated heterocycles. The first-order valence-corrected chi connectivity index (χ1v) is 8.82. The van der Waals surface area contributed by atoms with Crippen molar-refractivity contribution >= 4 is 21.8 Å². The summed E-state index contributed by atoms with van der Waals surface area (Å²) in [7, 11) is 0. The summed E-state index contributed by atoms with van der Waals surface area (Å²) in [5.41, 5.74) is 2.00. The molecular formula is C17H22BrN3O2. The highest BCUT2D eigenvalue weighted by molar-refractivity contribution is 9.10. The van der Waals surface area contributed by atoms with Gasteiger partial charge in [0.25, 0.3) is 5.91 Å². The van der Waals surface area contributed by atoms with E-state index in [-0.39, 0.29) is 5.91 Å². The third-order valence-electron chi connectivity index (χ3n) is 4.42. The predicted octanol–water partition coefficient (Wildman–Crippen LogP) is 3.78. The first-order chi connectivity index (χ1) is 11.0. The lowest BCUT2D eigenvalue weighted by atomic mass is 10.0. The molecule has 1 atom stereocenters. The van der Waals surface area contributed by atoms with E-state index in [1.54, 1.807) is 6.07 Å². The van der Waals surface area contributed by atoms with Crippen LogP contribution >= 0.6 is 15.9 Å². The second kappa shape index (κ2) is 6.51. The smallest absolute Gasteiger partial charge is 0.289 e. The molecule has 0 aliphatic carbocycles. The lowest BCUT2D eigenvalue weighted by molar-refractivity contribution is 0.0648. The summed E-state index contributed by atoms with van der Waals surface area (Å²) < 4.78 is 8.68. The van der Waals surface area contributed by atoms with Gasteiger partial charge >= 0.3 is 0 Å². The predicted molar refractivity (Wildman–Crippen MR) is 91.5 cm³/mol. The largest absolute Gasteiger partial charge is 0.454 e. The van der Waals surface area contributed by atoms with Gasteiger partial charge < -0.3 is 9.32 Å². The SMILES string of the molecule is Cc1nn(Cc2ccc(C(=O)N3CCC[C@H](C)C3)o2)c(C)c1Br. The molecule has 0 bridgehead atoms. The average Bonchev–Trinajstić information content (AvgIpc) is 3.08. The van der Waals surface area contributed by atoms with Crippen LogP contribution in [0.4, 0.5) is 0 Å². The van der Waals surface area contributed by atoms with Gasteiger partial charge in [-0.1, -0.05) is 6.92 Å². The third-order valence-corrected chi connectivity index (χ3v) is 5.56. The van der Waals surface area contributed by atoms with Gasteiger partial charge in [-0.2, -0.15) is 5.10 Å². The van der Waals surface area contributed by atoms with Crippen molar-refractivity contribution in [1.82, 2.24) is 14.7 Å². The number of aryl methyl sites for hydroxylation is 1. The topological polar surface area (TPSA) is 51.3 Å². The first kappa shape index (κ1) is 16.3. The number of halogens is 1. The molecule has 124 valence electrons. The number of rotatable bonds is 3. The van der Waals surface area contributed by atoms with Crippen LogP contribution in [-0.4, -0.2) is 33.7 Å². The van der Waals surface area contributed by atoms with Gasteiger partial charge in [-0.15, -0.1) is 0 Å². The minimum atomic E-state index is -0.00246. The third kappa shape index (κ3) is 3.37. The first-order valence-electron chi connectivity index (χ1n) is 8.03. The van der Waals surface area contributed by atoms with Gasteiger partial charge in [0, 0.05) is 13.1 Å². The zero-order chi connectivity index (χ0) is 16.6. The van der Waals surface area contributed by atoms with Crippen LogP contribution in [0.2, 0.25) is 0 Å².